The number of aromatic carboxylic acids is 1. The normalized spacial score (nSPS) is 14.8. The van der Waals surface area contributed by atoms with E-state index in [1.807, 2.05) is 6.07 Å². The third-order valence-corrected chi connectivity index (χ3v) is 3.87. The fraction of sp³-hybridized carbons (Fsp3) is 0.625. The van der Waals surface area contributed by atoms with Crippen LogP contribution in [0.15, 0.2) is 12.1 Å². The van der Waals surface area contributed by atoms with Crippen molar-refractivity contribution in [2.75, 3.05) is 29.4 Å². The maximum atomic E-state index is 11.4. The summed E-state index contributed by atoms with van der Waals surface area (Å²) < 4.78 is 0. The average Bonchev–Trinajstić information content (AvgIpc) is 2.98. The lowest BCUT2D eigenvalue weighted by molar-refractivity contribution is 0.0690. The number of aromatic nitrogens is 1. The van der Waals surface area contributed by atoms with Gasteiger partial charge in [0, 0.05) is 37.4 Å². The molecule has 0 saturated carbocycles. The number of carboxylic acid groups (broad SMARTS) is 1. The molecule has 0 aromatic carbocycles. The first-order valence-electron chi connectivity index (χ1n) is 7.80. The summed E-state index contributed by atoms with van der Waals surface area (Å²) in [4.78, 5) is 20.1. The molecule has 1 aromatic rings. The number of carboxylic acids is 1. The van der Waals surface area contributed by atoms with Gasteiger partial charge in [0.05, 0.1) is 0 Å². The van der Waals surface area contributed by atoms with Crippen molar-refractivity contribution in [2.24, 2.45) is 0 Å². The standard InChI is InChI=1S/C16H25N3O2/c1-4-7-19(12(2)3)15-11-13(18-8-5-6-9-18)10-14(17-15)16(20)21/h10-12H,4-9H2,1-3H3,(H,20,21). The van der Waals surface area contributed by atoms with Crippen molar-refractivity contribution >= 4 is 17.5 Å². The summed E-state index contributed by atoms with van der Waals surface area (Å²) in [5.74, 6) is -0.189. The Balaban J connectivity index is 2.40. The molecule has 1 saturated heterocycles. The van der Waals surface area contributed by atoms with E-state index < -0.39 is 5.97 Å². The van der Waals surface area contributed by atoms with Crippen LogP contribution in [0.25, 0.3) is 0 Å². The number of rotatable bonds is 6. The molecule has 2 heterocycles. The third-order valence-electron chi connectivity index (χ3n) is 3.87. The van der Waals surface area contributed by atoms with Crippen LogP contribution < -0.4 is 9.80 Å². The number of nitrogens with zero attached hydrogens (tertiary/aromatic N) is 3. The molecule has 0 bridgehead atoms. The zero-order valence-electron chi connectivity index (χ0n) is 13.2. The van der Waals surface area contributed by atoms with Crippen molar-refractivity contribution in [1.29, 1.82) is 0 Å². The van der Waals surface area contributed by atoms with Crippen molar-refractivity contribution in [3.63, 3.8) is 0 Å². The fourth-order valence-electron chi connectivity index (χ4n) is 2.79. The van der Waals surface area contributed by atoms with Crippen molar-refractivity contribution in [3.05, 3.63) is 17.8 Å². The van der Waals surface area contributed by atoms with Gasteiger partial charge < -0.3 is 14.9 Å². The summed E-state index contributed by atoms with van der Waals surface area (Å²) in [7, 11) is 0. The second-order valence-electron chi connectivity index (χ2n) is 5.86. The zero-order valence-corrected chi connectivity index (χ0v) is 13.2. The van der Waals surface area contributed by atoms with Gasteiger partial charge in [-0.05, 0) is 39.2 Å². The molecule has 0 atom stereocenters. The molecule has 0 aliphatic carbocycles. The monoisotopic (exact) mass is 291 g/mol. The van der Waals surface area contributed by atoms with Gasteiger partial charge in [0.2, 0.25) is 0 Å². The van der Waals surface area contributed by atoms with Crippen LogP contribution in [0.3, 0.4) is 0 Å². The lowest BCUT2D eigenvalue weighted by Gasteiger charge is -2.29. The summed E-state index contributed by atoms with van der Waals surface area (Å²) in [6, 6.07) is 4.03. The van der Waals surface area contributed by atoms with E-state index in [0.29, 0.717) is 6.04 Å². The minimum Gasteiger partial charge on any atom is -0.477 e. The van der Waals surface area contributed by atoms with Gasteiger partial charge in [0.15, 0.2) is 5.69 Å². The van der Waals surface area contributed by atoms with E-state index in [9.17, 15) is 9.90 Å². The molecule has 1 aliphatic rings. The lowest BCUT2D eigenvalue weighted by atomic mass is 10.2. The quantitative estimate of drug-likeness (QED) is 0.873. The molecule has 1 aliphatic heterocycles. The lowest BCUT2D eigenvalue weighted by Crippen LogP contribution is -2.33. The Morgan fingerprint density at radius 2 is 2.05 bits per heavy atom. The van der Waals surface area contributed by atoms with E-state index in [1.165, 1.54) is 12.8 Å². The molecule has 0 spiro atoms. The molecule has 5 heteroatoms. The molecule has 5 nitrogen and oxygen atoms in total. The van der Waals surface area contributed by atoms with Crippen LogP contribution in [0.4, 0.5) is 11.5 Å². The van der Waals surface area contributed by atoms with Crippen LogP contribution in [0.1, 0.15) is 50.5 Å². The summed E-state index contributed by atoms with van der Waals surface area (Å²) >= 11 is 0. The molecular formula is C16H25N3O2. The molecule has 21 heavy (non-hydrogen) atoms. The van der Waals surface area contributed by atoms with E-state index in [2.05, 4.69) is 35.6 Å². The van der Waals surface area contributed by atoms with Gasteiger partial charge in [-0.15, -0.1) is 0 Å². The van der Waals surface area contributed by atoms with Crippen LogP contribution in [-0.4, -0.2) is 41.7 Å². The van der Waals surface area contributed by atoms with Gasteiger partial charge in [0.1, 0.15) is 5.82 Å². The summed E-state index contributed by atoms with van der Waals surface area (Å²) in [6.07, 6.45) is 3.35. The highest BCUT2D eigenvalue weighted by Crippen LogP contribution is 2.26. The van der Waals surface area contributed by atoms with Gasteiger partial charge in [-0.1, -0.05) is 6.92 Å². The van der Waals surface area contributed by atoms with Crippen molar-refractivity contribution in [3.8, 4) is 0 Å². The van der Waals surface area contributed by atoms with Gasteiger partial charge in [-0.2, -0.15) is 0 Å². The molecule has 0 amide bonds. The number of pyridine rings is 1. The largest absolute Gasteiger partial charge is 0.477 e. The Morgan fingerprint density at radius 1 is 1.38 bits per heavy atom. The van der Waals surface area contributed by atoms with E-state index >= 15 is 0 Å². The summed E-state index contributed by atoms with van der Waals surface area (Å²) in [5, 5.41) is 9.33. The predicted molar refractivity (Wildman–Crippen MR) is 85.4 cm³/mol. The highest BCUT2D eigenvalue weighted by Gasteiger charge is 2.19. The van der Waals surface area contributed by atoms with Crippen LogP contribution in [0.2, 0.25) is 0 Å². The van der Waals surface area contributed by atoms with Crippen LogP contribution in [0, 0.1) is 0 Å². The van der Waals surface area contributed by atoms with Crippen molar-refractivity contribution in [2.45, 2.75) is 46.1 Å². The van der Waals surface area contributed by atoms with Gasteiger partial charge in [-0.3, -0.25) is 0 Å². The van der Waals surface area contributed by atoms with Crippen LogP contribution in [-0.2, 0) is 0 Å². The first-order valence-corrected chi connectivity index (χ1v) is 7.80. The molecule has 0 radical (unpaired) electrons. The van der Waals surface area contributed by atoms with E-state index in [4.69, 9.17) is 0 Å². The molecule has 1 N–H and O–H groups in total. The smallest absolute Gasteiger partial charge is 0.354 e. The molecule has 1 fully saturated rings. The van der Waals surface area contributed by atoms with Gasteiger partial charge >= 0.3 is 5.97 Å². The second-order valence-corrected chi connectivity index (χ2v) is 5.86. The van der Waals surface area contributed by atoms with E-state index in [0.717, 1.165) is 37.6 Å². The number of hydrogen-bond donors (Lipinski definition) is 1. The Hall–Kier alpha value is -1.78. The fourth-order valence-corrected chi connectivity index (χ4v) is 2.79. The Kier molecular flexibility index (Phi) is 5.04. The van der Waals surface area contributed by atoms with Gasteiger partial charge in [0.25, 0.3) is 0 Å². The topological polar surface area (TPSA) is 56.7 Å². The summed E-state index contributed by atoms with van der Waals surface area (Å²) in [5.41, 5.74) is 1.12. The highest BCUT2D eigenvalue weighted by molar-refractivity contribution is 5.87. The molecule has 116 valence electrons. The molecule has 0 unspecified atom stereocenters. The number of hydrogen-bond acceptors (Lipinski definition) is 4. The van der Waals surface area contributed by atoms with Crippen molar-refractivity contribution < 1.29 is 9.90 Å². The van der Waals surface area contributed by atoms with E-state index in [1.54, 1.807) is 6.07 Å². The predicted octanol–water partition coefficient (Wildman–Crippen LogP) is 3.00. The average molecular weight is 291 g/mol. The van der Waals surface area contributed by atoms with Crippen LogP contribution in [0.5, 0.6) is 0 Å². The number of carbonyl (C=O) groups is 1. The molecular weight excluding hydrogens is 266 g/mol. The minimum absolute atomic E-state index is 0.135. The SMILES string of the molecule is CCCN(c1cc(N2CCCC2)cc(C(=O)O)n1)C(C)C. The first kappa shape index (κ1) is 15.6. The highest BCUT2D eigenvalue weighted by atomic mass is 16.4. The first-order chi connectivity index (χ1) is 10.0. The Labute approximate surface area is 126 Å². The van der Waals surface area contributed by atoms with Gasteiger partial charge in [-0.25, -0.2) is 9.78 Å². The Bertz CT molecular complexity index is 496. The number of anilines is 2. The van der Waals surface area contributed by atoms with Crippen molar-refractivity contribution in [1.82, 2.24) is 4.98 Å². The maximum Gasteiger partial charge on any atom is 0.354 e. The third kappa shape index (κ3) is 3.65. The zero-order chi connectivity index (χ0) is 15.4. The van der Waals surface area contributed by atoms with E-state index in [-0.39, 0.29) is 5.69 Å². The molecule has 2 rings (SSSR count). The summed E-state index contributed by atoms with van der Waals surface area (Å²) in [6.45, 7) is 9.22. The molecule has 1 aromatic heterocycles. The minimum atomic E-state index is -0.961. The Morgan fingerprint density at radius 3 is 2.57 bits per heavy atom. The second kappa shape index (κ2) is 6.78. The van der Waals surface area contributed by atoms with Crippen LogP contribution >= 0.6 is 0 Å². The maximum absolute atomic E-state index is 11.4.